The van der Waals surface area contributed by atoms with Gasteiger partial charge in [0.05, 0.1) is 6.33 Å². The predicted octanol–water partition coefficient (Wildman–Crippen LogP) is 0.531. The summed E-state index contributed by atoms with van der Waals surface area (Å²) in [5, 5.41) is 2.60. The molecule has 3 nitrogen and oxygen atoms in total. The largest absolute Gasteiger partial charge is 0.337 e. The molecule has 0 fully saturated rings. The average Bonchev–Trinajstić information content (AvgIpc) is 2.41. The Labute approximate surface area is 61.1 Å². The Hall–Kier alpha value is -0.830. The van der Waals surface area contributed by atoms with Crippen molar-refractivity contribution >= 4 is 0 Å². The van der Waals surface area contributed by atoms with Crippen LogP contribution in [0.3, 0.4) is 0 Å². The first kappa shape index (κ1) is 7.28. The zero-order valence-electron chi connectivity index (χ0n) is 5.83. The van der Waals surface area contributed by atoms with E-state index in [-0.39, 0.29) is 0 Å². The fourth-order valence-electron chi connectivity index (χ4n) is 0.783. The number of rotatable bonds is 4. The van der Waals surface area contributed by atoms with Crippen LogP contribution >= 0.6 is 0 Å². The van der Waals surface area contributed by atoms with E-state index in [4.69, 9.17) is 7.05 Å². The fraction of sp³-hybridized carbons (Fsp3) is 0.429. The molecule has 0 aliphatic rings. The molecule has 54 valence electrons. The molecule has 0 saturated carbocycles. The smallest absolute Gasteiger partial charge is 0.0945 e. The number of hydrogen-bond acceptors (Lipinski definition) is 2. The van der Waals surface area contributed by atoms with Crippen molar-refractivity contribution in [3.05, 3.63) is 25.8 Å². The Morgan fingerprint density at radius 2 is 2.50 bits per heavy atom. The Bertz CT molecular complexity index is 157. The van der Waals surface area contributed by atoms with Gasteiger partial charge in [0.2, 0.25) is 0 Å². The number of imidazole rings is 1. The van der Waals surface area contributed by atoms with Crippen molar-refractivity contribution in [2.45, 2.75) is 13.0 Å². The lowest BCUT2D eigenvalue weighted by atomic mass is 10.4. The van der Waals surface area contributed by atoms with Gasteiger partial charge in [-0.15, -0.1) is 0 Å². The van der Waals surface area contributed by atoms with Gasteiger partial charge in [0.1, 0.15) is 0 Å². The third-order valence-corrected chi connectivity index (χ3v) is 1.30. The van der Waals surface area contributed by atoms with E-state index < -0.39 is 0 Å². The second kappa shape index (κ2) is 4.06. The lowest BCUT2D eigenvalue weighted by Crippen LogP contribution is -2.07. The maximum absolute atomic E-state index is 5.09. The van der Waals surface area contributed by atoms with Gasteiger partial charge < -0.3 is 9.88 Å². The van der Waals surface area contributed by atoms with Crippen LogP contribution in [0.5, 0.6) is 0 Å². The number of hydrogen-bond donors (Lipinski definition) is 1. The molecule has 0 spiro atoms. The van der Waals surface area contributed by atoms with Crippen molar-refractivity contribution in [3.63, 3.8) is 0 Å². The molecule has 1 rings (SSSR count). The predicted molar refractivity (Wildman–Crippen MR) is 39.1 cm³/mol. The molecule has 0 aliphatic carbocycles. The molecule has 0 bridgehead atoms. The molecular formula is C7H11N3. The van der Waals surface area contributed by atoms with Gasteiger partial charge in [0.25, 0.3) is 0 Å². The number of nitrogens with one attached hydrogen (secondary N) is 1. The fourth-order valence-corrected chi connectivity index (χ4v) is 0.783. The molecule has 0 amide bonds. The van der Waals surface area contributed by atoms with Crippen molar-refractivity contribution in [2.75, 3.05) is 6.54 Å². The standard InChI is InChI=1S/C7H11N3/c1-8-3-2-5-10-6-4-9-7-10/h1,4,6-8H,2-3,5H2. The first-order valence-electron chi connectivity index (χ1n) is 3.32. The van der Waals surface area contributed by atoms with Gasteiger partial charge in [0.15, 0.2) is 0 Å². The van der Waals surface area contributed by atoms with Gasteiger partial charge in [-0.05, 0) is 13.0 Å². The normalized spacial score (nSPS) is 10.1. The molecule has 2 radical (unpaired) electrons. The highest BCUT2D eigenvalue weighted by atomic mass is 15.0. The highest BCUT2D eigenvalue weighted by Crippen LogP contribution is 1.88. The number of aromatic nitrogens is 2. The molecule has 0 atom stereocenters. The molecule has 1 heterocycles. The van der Waals surface area contributed by atoms with E-state index in [2.05, 4.69) is 10.3 Å². The average molecular weight is 137 g/mol. The van der Waals surface area contributed by atoms with Gasteiger partial charge in [-0.1, -0.05) is 0 Å². The quantitative estimate of drug-likeness (QED) is 0.484. The van der Waals surface area contributed by atoms with E-state index in [1.54, 1.807) is 12.5 Å². The van der Waals surface area contributed by atoms with Crippen LogP contribution in [0.2, 0.25) is 0 Å². The van der Waals surface area contributed by atoms with Crippen LogP contribution in [0.1, 0.15) is 6.42 Å². The topological polar surface area (TPSA) is 29.9 Å². The minimum Gasteiger partial charge on any atom is -0.337 e. The van der Waals surface area contributed by atoms with Gasteiger partial charge in [-0.25, -0.2) is 4.98 Å². The lowest BCUT2D eigenvalue weighted by molar-refractivity contribution is 0.622. The van der Waals surface area contributed by atoms with Crippen LogP contribution in [0.15, 0.2) is 18.7 Å². The van der Waals surface area contributed by atoms with Crippen molar-refractivity contribution in [3.8, 4) is 0 Å². The Morgan fingerprint density at radius 3 is 3.10 bits per heavy atom. The summed E-state index contributed by atoms with van der Waals surface area (Å²) in [6.07, 6.45) is 6.55. The molecule has 10 heavy (non-hydrogen) atoms. The van der Waals surface area contributed by atoms with E-state index in [1.165, 1.54) is 0 Å². The van der Waals surface area contributed by atoms with Crippen LogP contribution < -0.4 is 5.32 Å². The first-order valence-corrected chi connectivity index (χ1v) is 3.32. The highest BCUT2D eigenvalue weighted by molar-refractivity contribution is 4.73. The van der Waals surface area contributed by atoms with E-state index in [1.807, 2.05) is 10.8 Å². The Morgan fingerprint density at radius 1 is 1.60 bits per heavy atom. The summed E-state index contributed by atoms with van der Waals surface area (Å²) in [4.78, 5) is 3.91. The molecular weight excluding hydrogens is 126 g/mol. The van der Waals surface area contributed by atoms with Crippen LogP contribution in [0, 0.1) is 7.05 Å². The van der Waals surface area contributed by atoms with Crippen molar-refractivity contribution in [2.24, 2.45) is 0 Å². The van der Waals surface area contributed by atoms with E-state index >= 15 is 0 Å². The minimum absolute atomic E-state index is 0.845. The molecule has 1 aromatic heterocycles. The maximum atomic E-state index is 5.09. The summed E-state index contributed by atoms with van der Waals surface area (Å²) in [5.41, 5.74) is 0. The third-order valence-electron chi connectivity index (χ3n) is 1.30. The number of nitrogens with zero attached hydrogens (tertiary/aromatic N) is 2. The summed E-state index contributed by atoms with van der Waals surface area (Å²) in [6, 6.07) is 0. The second-order valence-corrected chi connectivity index (χ2v) is 2.11. The lowest BCUT2D eigenvalue weighted by Gasteiger charge is -1.99. The SMILES string of the molecule is [CH]NCCCn1ccnc1. The summed E-state index contributed by atoms with van der Waals surface area (Å²) in [5.74, 6) is 0. The van der Waals surface area contributed by atoms with Gasteiger partial charge in [0, 0.05) is 26.0 Å². The summed E-state index contributed by atoms with van der Waals surface area (Å²) >= 11 is 0. The minimum atomic E-state index is 0.845. The van der Waals surface area contributed by atoms with Gasteiger partial charge in [-0.3, -0.25) is 0 Å². The summed E-state index contributed by atoms with van der Waals surface area (Å²) < 4.78 is 2.03. The second-order valence-electron chi connectivity index (χ2n) is 2.11. The highest BCUT2D eigenvalue weighted by Gasteiger charge is 1.87. The van der Waals surface area contributed by atoms with Crippen LogP contribution in [-0.2, 0) is 6.54 Å². The van der Waals surface area contributed by atoms with Gasteiger partial charge >= 0.3 is 0 Å². The Balaban J connectivity index is 2.15. The van der Waals surface area contributed by atoms with E-state index in [0.29, 0.717) is 0 Å². The number of aryl methyl sites for hydroxylation is 1. The zero-order valence-corrected chi connectivity index (χ0v) is 5.83. The molecule has 0 aromatic carbocycles. The van der Waals surface area contributed by atoms with E-state index in [9.17, 15) is 0 Å². The third kappa shape index (κ3) is 2.19. The van der Waals surface area contributed by atoms with E-state index in [0.717, 1.165) is 19.5 Å². The van der Waals surface area contributed by atoms with Crippen molar-refractivity contribution in [1.82, 2.24) is 14.9 Å². The molecule has 0 unspecified atom stereocenters. The molecule has 1 N–H and O–H groups in total. The van der Waals surface area contributed by atoms with Crippen LogP contribution in [-0.4, -0.2) is 16.1 Å². The Kier molecular flexibility index (Phi) is 2.96. The molecule has 1 aromatic rings. The molecule has 0 aliphatic heterocycles. The first-order chi connectivity index (χ1) is 4.93. The molecule has 0 saturated heterocycles. The van der Waals surface area contributed by atoms with Crippen molar-refractivity contribution < 1.29 is 0 Å². The summed E-state index contributed by atoms with van der Waals surface area (Å²) in [6.45, 7) is 1.82. The monoisotopic (exact) mass is 137 g/mol. The maximum Gasteiger partial charge on any atom is 0.0945 e. The summed E-state index contributed by atoms with van der Waals surface area (Å²) in [7, 11) is 5.09. The van der Waals surface area contributed by atoms with Gasteiger partial charge in [-0.2, -0.15) is 0 Å². The van der Waals surface area contributed by atoms with Crippen LogP contribution in [0.4, 0.5) is 0 Å². The molecule has 3 heteroatoms. The van der Waals surface area contributed by atoms with Crippen LogP contribution in [0.25, 0.3) is 0 Å². The zero-order chi connectivity index (χ0) is 7.23. The van der Waals surface area contributed by atoms with Crippen molar-refractivity contribution in [1.29, 1.82) is 0 Å².